The molecular formula is C29H28N2O4S. The summed E-state index contributed by atoms with van der Waals surface area (Å²) in [6, 6.07) is 27.1. The van der Waals surface area contributed by atoms with E-state index in [1.54, 1.807) is 30.9 Å². The zero-order valence-electron chi connectivity index (χ0n) is 20.3. The SMILES string of the molecule is CC(C)OC(=O)COc1ccc(/C=C2\SC(=NCc3ccccc3)N(Cc3ccccc3)C2=O)cc1. The first-order valence-corrected chi connectivity index (χ1v) is 12.6. The second kappa shape index (κ2) is 12.2. The molecule has 0 aliphatic carbocycles. The van der Waals surface area contributed by atoms with Gasteiger partial charge in [0.2, 0.25) is 0 Å². The number of amides is 1. The van der Waals surface area contributed by atoms with E-state index in [0.717, 1.165) is 16.7 Å². The first-order valence-electron chi connectivity index (χ1n) is 11.7. The van der Waals surface area contributed by atoms with E-state index in [-0.39, 0.29) is 18.6 Å². The Hall–Kier alpha value is -3.84. The van der Waals surface area contributed by atoms with Crippen LogP contribution in [0.1, 0.15) is 30.5 Å². The number of aliphatic imine (C=N–C) groups is 1. The summed E-state index contributed by atoms with van der Waals surface area (Å²) in [5, 5.41) is 0.683. The minimum atomic E-state index is -0.412. The van der Waals surface area contributed by atoms with Gasteiger partial charge in [0, 0.05) is 0 Å². The van der Waals surface area contributed by atoms with Crippen molar-refractivity contribution in [1.82, 2.24) is 4.90 Å². The number of esters is 1. The molecule has 0 bridgehead atoms. The van der Waals surface area contributed by atoms with E-state index in [1.165, 1.54) is 11.8 Å². The Labute approximate surface area is 215 Å². The molecule has 7 heteroatoms. The molecule has 0 unspecified atom stereocenters. The van der Waals surface area contributed by atoms with Crippen LogP contribution in [-0.2, 0) is 27.4 Å². The molecule has 0 N–H and O–H groups in total. The first-order chi connectivity index (χ1) is 17.5. The largest absolute Gasteiger partial charge is 0.482 e. The molecule has 0 saturated carbocycles. The number of carbonyl (C=O) groups is 2. The maximum absolute atomic E-state index is 13.3. The van der Waals surface area contributed by atoms with Crippen molar-refractivity contribution in [2.24, 2.45) is 4.99 Å². The first kappa shape index (κ1) is 25.3. The summed E-state index contributed by atoms with van der Waals surface area (Å²) in [6.45, 7) is 4.39. The highest BCUT2D eigenvalue weighted by Gasteiger charge is 2.33. The van der Waals surface area contributed by atoms with Gasteiger partial charge in [0.15, 0.2) is 11.8 Å². The number of hydrogen-bond acceptors (Lipinski definition) is 6. The van der Waals surface area contributed by atoms with Crippen molar-refractivity contribution in [2.75, 3.05) is 6.61 Å². The number of thioether (sulfide) groups is 1. The van der Waals surface area contributed by atoms with Crippen LogP contribution >= 0.6 is 11.8 Å². The standard InChI is InChI=1S/C29H28N2O4S/c1-21(2)35-27(32)20-34-25-15-13-22(14-16-25)17-26-28(33)31(19-24-11-7-4-8-12-24)29(36-26)30-18-23-9-5-3-6-10-23/h3-17,21H,18-20H2,1-2H3/b26-17-,30-29?. The summed E-state index contributed by atoms with van der Waals surface area (Å²) < 4.78 is 10.6. The van der Waals surface area contributed by atoms with Gasteiger partial charge in [-0.05, 0) is 60.5 Å². The van der Waals surface area contributed by atoms with Crippen molar-refractivity contribution in [3.8, 4) is 5.75 Å². The Balaban J connectivity index is 1.49. The van der Waals surface area contributed by atoms with Crippen LogP contribution < -0.4 is 4.74 Å². The summed E-state index contributed by atoms with van der Waals surface area (Å²) in [6.07, 6.45) is 1.67. The maximum Gasteiger partial charge on any atom is 0.344 e. The number of ether oxygens (including phenoxy) is 2. The molecule has 6 nitrogen and oxygen atoms in total. The van der Waals surface area contributed by atoms with Crippen molar-refractivity contribution >= 4 is 34.9 Å². The number of benzene rings is 3. The highest BCUT2D eigenvalue weighted by Crippen LogP contribution is 2.34. The summed E-state index contributed by atoms with van der Waals surface area (Å²) >= 11 is 1.38. The lowest BCUT2D eigenvalue weighted by Crippen LogP contribution is -2.28. The molecule has 0 spiro atoms. The lowest BCUT2D eigenvalue weighted by atomic mass is 10.2. The normalized spacial score (nSPS) is 15.6. The van der Waals surface area contributed by atoms with E-state index >= 15 is 0 Å². The Morgan fingerprint density at radius 2 is 1.58 bits per heavy atom. The molecule has 1 fully saturated rings. The quantitative estimate of drug-likeness (QED) is 0.279. The average molecular weight is 501 g/mol. The molecular weight excluding hydrogens is 472 g/mol. The molecule has 1 aliphatic heterocycles. The van der Waals surface area contributed by atoms with Crippen LogP contribution in [0.5, 0.6) is 5.75 Å². The highest BCUT2D eigenvalue weighted by atomic mass is 32.2. The summed E-state index contributed by atoms with van der Waals surface area (Å²) in [7, 11) is 0. The van der Waals surface area contributed by atoms with Crippen molar-refractivity contribution in [1.29, 1.82) is 0 Å². The third-order valence-corrected chi connectivity index (χ3v) is 6.26. The van der Waals surface area contributed by atoms with Gasteiger partial charge in [-0.2, -0.15) is 0 Å². The van der Waals surface area contributed by atoms with Crippen molar-refractivity contribution < 1.29 is 19.1 Å². The monoisotopic (exact) mass is 500 g/mol. The zero-order valence-corrected chi connectivity index (χ0v) is 21.1. The minimum Gasteiger partial charge on any atom is -0.482 e. The third-order valence-electron chi connectivity index (χ3n) is 5.21. The predicted molar refractivity (Wildman–Crippen MR) is 143 cm³/mol. The maximum atomic E-state index is 13.3. The van der Waals surface area contributed by atoms with E-state index in [1.807, 2.05) is 78.9 Å². The highest BCUT2D eigenvalue weighted by molar-refractivity contribution is 8.18. The molecule has 1 amide bonds. The van der Waals surface area contributed by atoms with E-state index in [2.05, 4.69) is 0 Å². The van der Waals surface area contributed by atoms with Gasteiger partial charge in [-0.15, -0.1) is 0 Å². The van der Waals surface area contributed by atoms with Gasteiger partial charge in [0.25, 0.3) is 5.91 Å². The molecule has 4 rings (SSSR count). The van der Waals surface area contributed by atoms with Crippen molar-refractivity contribution in [3.05, 3.63) is 107 Å². The van der Waals surface area contributed by atoms with Gasteiger partial charge in [-0.3, -0.25) is 14.7 Å². The molecule has 0 atom stereocenters. The van der Waals surface area contributed by atoms with E-state index in [4.69, 9.17) is 14.5 Å². The summed E-state index contributed by atoms with van der Waals surface area (Å²) in [5.41, 5.74) is 2.98. The fourth-order valence-corrected chi connectivity index (χ4v) is 4.50. The number of carbonyl (C=O) groups excluding carboxylic acids is 2. The smallest absolute Gasteiger partial charge is 0.344 e. The molecule has 1 saturated heterocycles. The summed E-state index contributed by atoms with van der Waals surface area (Å²) in [4.78, 5) is 32.1. The lowest BCUT2D eigenvalue weighted by molar-refractivity contribution is -0.149. The molecule has 1 aliphatic rings. The lowest BCUT2D eigenvalue weighted by Gasteiger charge is -2.15. The molecule has 0 radical (unpaired) electrons. The second-order valence-corrected chi connectivity index (χ2v) is 9.48. The van der Waals surface area contributed by atoms with Crippen molar-refractivity contribution in [3.63, 3.8) is 0 Å². The van der Waals surface area contributed by atoms with Crippen LogP contribution in [0.4, 0.5) is 0 Å². The topological polar surface area (TPSA) is 68.2 Å². The molecule has 184 valence electrons. The van der Waals surface area contributed by atoms with E-state index in [0.29, 0.717) is 28.9 Å². The minimum absolute atomic E-state index is 0.0765. The molecule has 1 heterocycles. The summed E-state index contributed by atoms with van der Waals surface area (Å²) in [5.74, 6) is 0.0662. The third kappa shape index (κ3) is 7.09. The predicted octanol–water partition coefficient (Wildman–Crippen LogP) is 5.69. The fraction of sp³-hybridized carbons (Fsp3) is 0.207. The number of amidine groups is 1. The van der Waals surface area contributed by atoms with Gasteiger partial charge in [0.1, 0.15) is 5.75 Å². The molecule has 0 aromatic heterocycles. The zero-order chi connectivity index (χ0) is 25.3. The average Bonchev–Trinajstić information content (AvgIpc) is 3.17. The fourth-order valence-electron chi connectivity index (χ4n) is 3.52. The van der Waals surface area contributed by atoms with Crippen LogP contribution in [-0.4, -0.2) is 34.7 Å². The van der Waals surface area contributed by atoms with Gasteiger partial charge in [0.05, 0.1) is 24.1 Å². The molecule has 3 aromatic carbocycles. The van der Waals surface area contributed by atoms with Crippen LogP contribution in [0.15, 0.2) is 94.8 Å². The Morgan fingerprint density at radius 3 is 2.22 bits per heavy atom. The van der Waals surface area contributed by atoms with Crippen LogP contribution in [0, 0.1) is 0 Å². The van der Waals surface area contributed by atoms with Crippen molar-refractivity contribution in [2.45, 2.75) is 33.0 Å². The van der Waals surface area contributed by atoms with Gasteiger partial charge < -0.3 is 9.47 Å². The number of nitrogens with zero attached hydrogens (tertiary/aromatic N) is 2. The number of rotatable bonds is 9. The van der Waals surface area contributed by atoms with E-state index in [9.17, 15) is 9.59 Å². The molecule has 36 heavy (non-hydrogen) atoms. The number of hydrogen-bond donors (Lipinski definition) is 0. The molecule has 3 aromatic rings. The Bertz CT molecular complexity index is 1240. The second-order valence-electron chi connectivity index (χ2n) is 8.47. The van der Waals surface area contributed by atoms with Crippen LogP contribution in [0.25, 0.3) is 6.08 Å². The Morgan fingerprint density at radius 1 is 0.944 bits per heavy atom. The van der Waals surface area contributed by atoms with Crippen LogP contribution in [0.2, 0.25) is 0 Å². The van der Waals surface area contributed by atoms with Gasteiger partial charge in [-0.25, -0.2) is 4.79 Å². The van der Waals surface area contributed by atoms with Gasteiger partial charge in [-0.1, -0.05) is 72.8 Å². The van der Waals surface area contributed by atoms with Crippen LogP contribution in [0.3, 0.4) is 0 Å². The van der Waals surface area contributed by atoms with Gasteiger partial charge >= 0.3 is 5.97 Å². The Kier molecular flexibility index (Phi) is 8.57. The van der Waals surface area contributed by atoms with E-state index < -0.39 is 5.97 Å².